The number of hydrogen-bond donors (Lipinski definition) is 1. The van der Waals surface area contributed by atoms with E-state index in [9.17, 15) is 0 Å². The minimum Gasteiger partial charge on any atom is -0.370 e. The Hall–Kier alpha value is -0.940. The van der Waals surface area contributed by atoms with Crippen LogP contribution in [0.4, 0.5) is 0 Å². The maximum absolute atomic E-state index is 6.13. The number of nitrogens with two attached hydrogens (primary N) is 1. The third-order valence-electron chi connectivity index (χ3n) is 4.55. The highest BCUT2D eigenvalue weighted by atomic mass is 16.5. The van der Waals surface area contributed by atoms with E-state index in [1.807, 2.05) is 6.92 Å². The molecule has 20 heavy (non-hydrogen) atoms. The summed E-state index contributed by atoms with van der Waals surface area (Å²) in [7, 11) is 0. The number of ether oxygens (including phenoxy) is 1. The van der Waals surface area contributed by atoms with E-state index < -0.39 is 0 Å². The summed E-state index contributed by atoms with van der Waals surface area (Å²) in [6.45, 7) is 2.70. The average molecular weight is 279 g/mol. The lowest BCUT2D eigenvalue weighted by Crippen LogP contribution is -2.20. The van der Waals surface area contributed by atoms with Gasteiger partial charge in [0.15, 0.2) is 0 Å². The minimum absolute atomic E-state index is 0.0239. The van der Waals surface area contributed by atoms with Crippen molar-refractivity contribution in [3.63, 3.8) is 0 Å². The van der Waals surface area contributed by atoms with E-state index >= 15 is 0 Å². The van der Waals surface area contributed by atoms with Gasteiger partial charge in [-0.2, -0.15) is 4.98 Å². The standard InChI is InChI=1S/C15H25N3O2/c1-2-19-13(11-6-4-3-5-7-11)14-17-15(20-18-14)12(16)10-8-9-10/h10-13H,2-9,16H2,1H3. The van der Waals surface area contributed by atoms with Crippen LogP contribution >= 0.6 is 0 Å². The Morgan fingerprint density at radius 3 is 2.60 bits per heavy atom. The molecule has 1 aromatic heterocycles. The van der Waals surface area contributed by atoms with Crippen LogP contribution in [0.5, 0.6) is 0 Å². The molecule has 2 aliphatic carbocycles. The van der Waals surface area contributed by atoms with Gasteiger partial charge in [-0.05, 0) is 44.4 Å². The topological polar surface area (TPSA) is 74.2 Å². The van der Waals surface area contributed by atoms with Gasteiger partial charge < -0.3 is 15.0 Å². The van der Waals surface area contributed by atoms with E-state index in [1.54, 1.807) is 0 Å². The van der Waals surface area contributed by atoms with Crippen LogP contribution in [0.2, 0.25) is 0 Å². The summed E-state index contributed by atoms with van der Waals surface area (Å²) < 4.78 is 11.3. The van der Waals surface area contributed by atoms with Crippen LogP contribution in [0, 0.1) is 11.8 Å². The van der Waals surface area contributed by atoms with Crippen molar-refractivity contribution in [1.82, 2.24) is 10.1 Å². The van der Waals surface area contributed by atoms with E-state index in [1.165, 1.54) is 44.9 Å². The summed E-state index contributed by atoms with van der Waals surface area (Å²) in [5.41, 5.74) is 6.13. The van der Waals surface area contributed by atoms with Gasteiger partial charge in [0.1, 0.15) is 6.10 Å². The van der Waals surface area contributed by atoms with Crippen molar-refractivity contribution in [3.05, 3.63) is 11.7 Å². The molecule has 0 saturated heterocycles. The molecule has 2 saturated carbocycles. The van der Waals surface area contributed by atoms with Gasteiger partial charge in [0.2, 0.25) is 11.7 Å². The smallest absolute Gasteiger partial charge is 0.243 e. The summed E-state index contributed by atoms with van der Waals surface area (Å²) in [6.07, 6.45) is 8.61. The van der Waals surface area contributed by atoms with Crippen molar-refractivity contribution >= 4 is 0 Å². The van der Waals surface area contributed by atoms with E-state index in [0.29, 0.717) is 30.2 Å². The molecule has 1 aromatic rings. The molecule has 2 fully saturated rings. The van der Waals surface area contributed by atoms with Crippen molar-refractivity contribution in [2.45, 2.75) is 64.0 Å². The first-order valence-electron chi connectivity index (χ1n) is 8.00. The van der Waals surface area contributed by atoms with Crippen LogP contribution in [0.15, 0.2) is 4.52 Å². The number of aromatic nitrogens is 2. The van der Waals surface area contributed by atoms with E-state index in [4.69, 9.17) is 15.0 Å². The number of nitrogens with zero attached hydrogens (tertiary/aromatic N) is 2. The predicted molar refractivity (Wildman–Crippen MR) is 74.9 cm³/mol. The molecule has 2 N–H and O–H groups in total. The second-order valence-corrected chi connectivity index (χ2v) is 6.13. The lowest BCUT2D eigenvalue weighted by molar-refractivity contribution is -0.00145. The fourth-order valence-corrected chi connectivity index (χ4v) is 3.19. The molecule has 112 valence electrons. The molecule has 3 rings (SSSR count). The van der Waals surface area contributed by atoms with Crippen LogP contribution in [0.1, 0.15) is 75.7 Å². The lowest BCUT2D eigenvalue weighted by Gasteiger charge is -2.27. The molecule has 0 aliphatic heterocycles. The molecule has 5 heteroatoms. The van der Waals surface area contributed by atoms with Gasteiger partial charge in [0.05, 0.1) is 6.04 Å². The Labute approximate surface area is 120 Å². The monoisotopic (exact) mass is 279 g/mol. The van der Waals surface area contributed by atoms with Gasteiger partial charge in [-0.3, -0.25) is 0 Å². The zero-order valence-corrected chi connectivity index (χ0v) is 12.3. The number of hydrogen-bond acceptors (Lipinski definition) is 5. The number of rotatable bonds is 6. The van der Waals surface area contributed by atoms with Crippen LogP contribution in [0.25, 0.3) is 0 Å². The third kappa shape index (κ3) is 3.04. The molecular weight excluding hydrogens is 254 g/mol. The molecule has 0 spiro atoms. The van der Waals surface area contributed by atoms with Gasteiger partial charge in [0.25, 0.3) is 0 Å². The Bertz CT molecular complexity index is 425. The van der Waals surface area contributed by atoms with Gasteiger partial charge in [-0.15, -0.1) is 0 Å². The predicted octanol–water partition coefficient (Wildman–Crippen LogP) is 3.14. The van der Waals surface area contributed by atoms with Crippen molar-refractivity contribution in [2.75, 3.05) is 6.61 Å². The normalized spacial score (nSPS) is 23.7. The molecular formula is C15H25N3O2. The van der Waals surface area contributed by atoms with Gasteiger partial charge in [0, 0.05) is 6.61 Å². The maximum atomic E-state index is 6.13. The largest absolute Gasteiger partial charge is 0.370 e. The molecule has 0 bridgehead atoms. The van der Waals surface area contributed by atoms with Crippen LogP contribution in [-0.4, -0.2) is 16.7 Å². The van der Waals surface area contributed by atoms with Crippen LogP contribution < -0.4 is 5.73 Å². The third-order valence-corrected chi connectivity index (χ3v) is 4.55. The van der Waals surface area contributed by atoms with Crippen LogP contribution in [0.3, 0.4) is 0 Å². The van der Waals surface area contributed by atoms with Crippen molar-refractivity contribution in [1.29, 1.82) is 0 Å². The molecule has 2 atom stereocenters. The molecule has 1 heterocycles. The highest BCUT2D eigenvalue weighted by Gasteiger charge is 2.35. The molecule has 2 aliphatic rings. The summed E-state index contributed by atoms with van der Waals surface area (Å²) >= 11 is 0. The first-order valence-corrected chi connectivity index (χ1v) is 8.00. The first kappa shape index (κ1) is 14.0. The Morgan fingerprint density at radius 1 is 1.20 bits per heavy atom. The quantitative estimate of drug-likeness (QED) is 0.866. The zero-order chi connectivity index (χ0) is 13.9. The SMILES string of the molecule is CCOC(c1noc(C(N)C2CC2)n1)C1CCCCC1. The van der Waals surface area contributed by atoms with E-state index in [-0.39, 0.29) is 12.1 Å². The lowest BCUT2D eigenvalue weighted by atomic mass is 9.85. The minimum atomic E-state index is -0.0927. The average Bonchev–Trinajstić information content (AvgIpc) is 3.23. The molecule has 5 nitrogen and oxygen atoms in total. The highest BCUT2D eigenvalue weighted by molar-refractivity contribution is 5.01. The molecule has 0 radical (unpaired) electrons. The van der Waals surface area contributed by atoms with Gasteiger partial charge in [-0.1, -0.05) is 24.4 Å². The Morgan fingerprint density at radius 2 is 1.95 bits per heavy atom. The van der Waals surface area contributed by atoms with Gasteiger partial charge in [-0.25, -0.2) is 0 Å². The molecule has 2 unspecified atom stereocenters. The van der Waals surface area contributed by atoms with Crippen molar-refractivity contribution < 1.29 is 9.26 Å². The maximum Gasteiger partial charge on any atom is 0.243 e. The fourth-order valence-electron chi connectivity index (χ4n) is 3.19. The zero-order valence-electron chi connectivity index (χ0n) is 12.3. The first-order chi connectivity index (χ1) is 9.79. The Kier molecular flexibility index (Phi) is 4.36. The van der Waals surface area contributed by atoms with Crippen molar-refractivity contribution in [2.24, 2.45) is 17.6 Å². The Balaban J connectivity index is 1.72. The highest BCUT2D eigenvalue weighted by Crippen LogP contribution is 2.40. The summed E-state index contributed by atoms with van der Waals surface area (Å²) in [5, 5.41) is 4.15. The van der Waals surface area contributed by atoms with Crippen molar-refractivity contribution in [3.8, 4) is 0 Å². The second kappa shape index (κ2) is 6.22. The van der Waals surface area contributed by atoms with E-state index in [0.717, 1.165) is 0 Å². The fraction of sp³-hybridized carbons (Fsp3) is 0.867. The van der Waals surface area contributed by atoms with E-state index in [2.05, 4.69) is 10.1 Å². The second-order valence-electron chi connectivity index (χ2n) is 6.13. The van der Waals surface area contributed by atoms with Gasteiger partial charge >= 0.3 is 0 Å². The summed E-state index contributed by atoms with van der Waals surface area (Å²) in [4.78, 5) is 4.54. The van der Waals surface area contributed by atoms with Crippen LogP contribution in [-0.2, 0) is 4.74 Å². The summed E-state index contributed by atoms with van der Waals surface area (Å²) in [6, 6.07) is -0.0927. The molecule has 0 amide bonds. The summed E-state index contributed by atoms with van der Waals surface area (Å²) in [5.74, 6) is 2.34. The molecule has 0 aromatic carbocycles.